The van der Waals surface area contributed by atoms with E-state index in [1.54, 1.807) is 18.4 Å². The molecular formula is C14H15BrN2OS. The first kappa shape index (κ1) is 13.1. The molecular weight excluding hydrogens is 324 g/mol. The normalized spacial score (nSPS) is 14.6. The number of hydrogen-bond acceptors (Lipinski definition) is 4. The lowest BCUT2D eigenvalue weighted by Crippen LogP contribution is -2.15. The fraction of sp³-hybridized carbons (Fsp3) is 0.357. The van der Waals surface area contributed by atoms with Gasteiger partial charge < -0.3 is 10.1 Å². The molecule has 100 valence electrons. The van der Waals surface area contributed by atoms with Crippen molar-refractivity contribution < 1.29 is 4.74 Å². The van der Waals surface area contributed by atoms with Crippen LogP contribution in [0.15, 0.2) is 28.1 Å². The Labute approximate surface area is 125 Å². The molecule has 3 rings (SSSR count). The zero-order valence-electron chi connectivity index (χ0n) is 10.6. The number of thiazole rings is 1. The lowest BCUT2D eigenvalue weighted by Gasteiger charge is -2.04. The molecule has 0 unspecified atom stereocenters. The maximum atomic E-state index is 5.24. The highest BCUT2D eigenvalue weighted by Crippen LogP contribution is 2.32. The van der Waals surface area contributed by atoms with Crippen LogP contribution in [0.1, 0.15) is 18.5 Å². The Morgan fingerprint density at radius 2 is 2.32 bits per heavy atom. The van der Waals surface area contributed by atoms with Crippen LogP contribution in [0, 0.1) is 0 Å². The van der Waals surface area contributed by atoms with Crippen molar-refractivity contribution in [3.05, 3.63) is 33.7 Å². The molecule has 0 saturated heterocycles. The van der Waals surface area contributed by atoms with E-state index in [9.17, 15) is 0 Å². The summed E-state index contributed by atoms with van der Waals surface area (Å²) in [4.78, 5) is 4.67. The number of hydrogen-bond donors (Lipinski definition) is 1. The average Bonchev–Trinajstić information content (AvgIpc) is 3.13. The molecule has 3 nitrogen and oxygen atoms in total. The Balaban J connectivity index is 1.75. The third-order valence-electron chi connectivity index (χ3n) is 3.10. The second-order valence-corrected chi connectivity index (χ2v) is 6.36. The number of nitrogens with zero attached hydrogens (tertiary/aromatic N) is 1. The fourth-order valence-corrected chi connectivity index (χ4v) is 3.21. The minimum Gasteiger partial charge on any atom is -0.496 e. The van der Waals surface area contributed by atoms with Crippen molar-refractivity contribution in [1.29, 1.82) is 0 Å². The van der Waals surface area contributed by atoms with Gasteiger partial charge in [0.25, 0.3) is 0 Å². The Kier molecular flexibility index (Phi) is 3.86. The van der Waals surface area contributed by atoms with Crippen LogP contribution in [0.4, 0.5) is 0 Å². The molecule has 1 saturated carbocycles. The van der Waals surface area contributed by atoms with E-state index >= 15 is 0 Å². The van der Waals surface area contributed by atoms with Gasteiger partial charge in [0.1, 0.15) is 10.8 Å². The Morgan fingerprint density at radius 3 is 3.00 bits per heavy atom. The van der Waals surface area contributed by atoms with Gasteiger partial charge in [-0.2, -0.15) is 0 Å². The Hall–Kier alpha value is -0.910. The molecule has 0 spiro atoms. The zero-order valence-corrected chi connectivity index (χ0v) is 13.1. The van der Waals surface area contributed by atoms with Crippen LogP contribution < -0.4 is 10.1 Å². The summed E-state index contributed by atoms with van der Waals surface area (Å²) in [5.74, 6) is 0.843. The van der Waals surface area contributed by atoms with Gasteiger partial charge in [-0.25, -0.2) is 4.98 Å². The molecule has 0 aliphatic heterocycles. The van der Waals surface area contributed by atoms with Crippen molar-refractivity contribution in [1.82, 2.24) is 10.3 Å². The van der Waals surface area contributed by atoms with Crippen LogP contribution in [0.3, 0.4) is 0 Å². The van der Waals surface area contributed by atoms with Gasteiger partial charge in [0.2, 0.25) is 0 Å². The van der Waals surface area contributed by atoms with Crippen molar-refractivity contribution in [3.63, 3.8) is 0 Å². The van der Waals surface area contributed by atoms with E-state index in [0.29, 0.717) is 0 Å². The summed E-state index contributed by atoms with van der Waals surface area (Å²) in [6.45, 7) is 0.874. The highest BCUT2D eigenvalue weighted by atomic mass is 79.9. The third kappa shape index (κ3) is 3.16. The Bertz CT molecular complexity index is 581. The number of halogens is 1. The van der Waals surface area contributed by atoms with Gasteiger partial charge in [-0.1, -0.05) is 0 Å². The second kappa shape index (κ2) is 5.61. The van der Waals surface area contributed by atoms with Crippen molar-refractivity contribution in [2.24, 2.45) is 0 Å². The number of aromatic nitrogens is 1. The molecule has 1 heterocycles. The Morgan fingerprint density at radius 1 is 1.47 bits per heavy atom. The smallest absolute Gasteiger partial charge is 0.133 e. The van der Waals surface area contributed by atoms with Crippen LogP contribution in [0.2, 0.25) is 0 Å². The quantitative estimate of drug-likeness (QED) is 0.899. The molecule has 1 fully saturated rings. The lowest BCUT2D eigenvalue weighted by atomic mass is 10.2. The number of methoxy groups -OCH3 is 1. The first-order valence-electron chi connectivity index (χ1n) is 6.28. The van der Waals surface area contributed by atoms with Gasteiger partial charge >= 0.3 is 0 Å². The molecule has 1 aliphatic rings. The van der Waals surface area contributed by atoms with Gasteiger partial charge in [-0.3, -0.25) is 0 Å². The van der Waals surface area contributed by atoms with Gasteiger partial charge in [0.05, 0.1) is 17.3 Å². The predicted octanol–water partition coefficient (Wildman–Crippen LogP) is 3.83. The van der Waals surface area contributed by atoms with E-state index < -0.39 is 0 Å². The highest BCUT2D eigenvalue weighted by Gasteiger charge is 2.20. The molecule has 0 amide bonds. The van der Waals surface area contributed by atoms with E-state index in [-0.39, 0.29) is 0 Å². The number of benzene rings is 1. The van der Waals surface area contributed by atoms with E-state index in [1.165, 1.54) is 12.8 Å². The molecule has 1 aromatic heterocycles. The first-order valence-corrected chi connectivity index (χ1v) is 7.95. The van der Waals surface area contributed by atoms with Gasteiger partial charge in [0.15, 0.2) is 0 Å². The number of rotatable bonds is 5. The van der Waals surface area contributed by atoms with E-state index in [0.717, 1.165) is 39.1 Å². The van der Waals surface area contributed by atoms with Crippen molar-refractivity contribution in [2.75, 3.05) is 7.11 Å². The summed E-state index contributed by atoms with van der Waals surface area (Å²) < 4.78 is 6.20. The topological polar surface area (TPSA) is 34.1 Å². The minimum atomic E-state index is 0.722. The summed E-state index contributed by atoms with van der Waals surface area (Å²) in [6, 6.07) is 6.78. The minimum absolute atomic E-state index is 0.722. The second-order valence-electron chi connectivity index (χ2n) is 4.65. The molecule has 1 N–H and O–H groups in total. The summed E-state index contributed by atoms with van der Waals surface area (Å²) >= 11 is 5.19. The summed E-state index contributed by atoms with van der Waals surface area (Å²) in [5, 5.41) is 6.66. The number of ether oxygens (including phenoxy) is 1. The maximum Gasteiger partial charge on any atom is 0.133 e. The zero-order chi connectivity index (χ0) is 13.2. The summed E-state index contributed by atoms with van der Waals surface area (Å²) in [6.07, 6.45) is 2.62. The van der Waals surface area contributed by atoms with Gasteiger partial charge in [0, 0.05) is 23.5 Å². The average molecular weight is 339 g/mol. The van der Waals surface area contributed by atoms with E-state index in [1.807, 2.05) is 12.1 Å². The summed E-state index contributed by atoms with van der Waals surface area (Å²) in [7, 11) is 1.67. The van der Waals surface area contributed by atoms with Crippen LogP contribution >= 0.6 is 27.3 Å². The summed E-state index contributed by atoms with van der Waals surface area (Å²) in [5.41, 5.74) is 2.24. The van der Waals surface area contributed by atoms with Gasteiger partial charge in [-0.05, 0) is 47.0 Å². The molecule has 19 heavy (non-hydrogen) atoms. The van der Waals surface area contributed by atoms with E-state index in [2.05, 4.69) is 37.7 Å². The monoisotopic (exact) mass is 338 g/mol. The third-order valence-corrected chi connectivity index (χ3v) is 4.66. The van der Waals surface area contributed by atoms with E-state index in [4.69, 9.17) is 4.74 Å². The maximum absolute atomic E-state index is 5.24. The van der Waals surface area contributed by atoms with Crippen molar-refractivity contribution >= 4 is 27.3 Å². The van der Waals surface area contributed by atoms with Gasteiger partial charge in [-0.15, -0.1) is 11.3 Å². The van der Waals surface area contributed by atoms with Crippen molar-refractivity contribution in [3.8, 4) is 16.3 Å². The van der Waals surface area contributed by atoms with Crippen LogP contribution in [0.25, 0.3) is 10.6 Å². The highest BCUT2D eigenvalue weighted by molar-refractivity contribution is 9.10. The van der Waals surface area contributed by atoms with Crippen LogP contribution in [0.5, 0.6) is 5.75 Å². The largest absolute Gasteiger partial charge is 0.496 e. The van der Waals surface area contributed by atoms with Crippen LogP contribution in [-0.2, 0) is 6.54 Å². The van der Waals surface area contributed by atoms with Crippen LogP contribution in [-0.4, -0.2) is 18.1 Å². The molecule has 2 aromatic rings. The lowest BCUT2D eigenvalue weighted by molar-refractivity contribution is 0.412. The first-order chi connectivity index (χ1) is 9.26. The molecule has 1 aliphatic carbocycles. The number of nitrogens with one attached hydrogen (secondary N) is 1. The molecule has 1 aromatic carbocycles. The fourth-order valence-electron chi connectivity index (χ4n) is 1.86. The van der Waals surface area contributed by atoms with Crippen molar-refractivity contribution in [2.45, 2.75) is 25.4 Å². The molecule has 0 bridgehead atoms. The molecule has 0 radical (unpaired) electrons. The molecule has 5 heteroatoms. The standard InChI is InChI=1S/C14H15BrN2OS/c1-18-13-5-2-9(6-12(13)15)14-17-11(8-19-14)7-16-10-3-4-10/h2,5-6,8,10,16H,3-4,7H2,1H3. The predicted molar refractivity (Wildman–Crippen MR) is 81.7 cm³/mol. The molecule has 0 atom stereocenters. The SMILES string of the molecule is COc1ccc(-c2nc(CNC3CC3)cs2)cc1Br.